The quantitative estimate of drug-likeness (QED) is 0.179. The molecule has 12 heteroatoms. The predicted molar refractivity (Wildman–Crippen MR) is 155 cm³/mol. The zero-order chi connectivity index (χ0) is 29.5. The molecule has 2 aliphatic rings. The number of carboxylic acid groups (broad SMARTS) is 1. The highest BCUT2D eigenvalue weighted by Gasteiger charge is 2.35. The minimum absolute atomic E-state index is 0. The number of non-ortho nitro benzene ring substituents is 1. The summed E-state index contributed by atoms with van der Waals surface area (Å²) in [5.74, 6) is -2.32. The van der Waals surface area contributed by atoms with Crippen LogP contribution in [0.2, 0.25) is 0 Å². The molecule has 0 bridgehead atoms. The monoisotopic (exact) mass is 581 g/mol. The lowest BCUT2D eigenvalue weighted by molar-refractivity contribution is -0.384. The van der Waals surface area contributed by atoms with Gasteiger partial charge in [0.05, 0.1) is 35.9 Å². The fraction of sp³-hybridized carbons (Fsp3) is 0.400. The molecule has 2 aliphatic heterocycles. The predicted octanol–water partition coefficient (Wildman–Crippen LogP) is 1.91. The first-order valence-electron chi connectivity index (χ1n) is 13.6. The molecular formula is C30H37N4O8-. The van der Waals surface area contributed by atoms with E-state index in [4.69, 9.17) is 9.47 Å². The molecule has 42 heavy (non-hydrogen) atoms. The van der Waals surface area contributed by atoms with Crippen LogP contribution in [-0.4, -0.2) is 73.7 Å². The average molecular weight is 582 g/mol. The molecule has 0 amide bonds. The van der Waals surface area contributed by atoms with E-state index in [9.17, 15) is 24.8 Å². The summed E-state index contributed by atoms with van der Waals surface area (Å²) in [6.45, 7) is 7.87. The first-order valence-corrected chi connectivity index (χ1v) is 13.6. The van der Waals surface area contributed by atoms with E-state index in [0.717, 1.165) is 50.6 Å². The van der Waals surface area contributed by atoms with Crippen LogP contribution in [0.5, 0.6) is 5.75 Å². The number of anilines is 1. The zero-order valence-electron chi connectivity index (χ0n) is 24.1. The van der Waals surface area contributed by atoms with Gasteiger partial charge in [0.1, 0.15) is 5.75 Å². The Morgan fingerprint density at radius 3 is 2.36 bits per heavy atom. The van der Waals surface area contributed by atoms with Gasteiger partial charge in [-0.05, 0) is 50.9 Å². The largest absolute Gasteiger partial charge is 0.545 e. The second-order valence-corrected chi connectivity index (χ2v) is 10.1. The van der Waals surface area contributed by atoms with Gasteiger partial charge in [0.2, 0.25) is 0 Å². The van der Waals surface area contributed by atoms with Crippen LogP contribution in [0.1, 0.15) is 38.2 Å². The number of rotatable bonds is 11. The molecule has 0 aliphatic carbocycles. The number of nitrogens with zero attached hydrogens (tertiary/aromatic N) is 3. The van der Waals surface area contributed by atoms with Crippen LogP contribution in [0, 0.1) is 10.1 Å². The number of unbranched alkanes of at least 4 members (excludes halogenated alkanes) is 1. The van der Waals surface area contributed by atoms with E-state index in [0.29, 0.717) is 23.4 Å². The van der Waals surface area contributed by atoms with Crippen molar-refractivity contribution in [3.63, 3.8) is 0 Å². The molecule has 2 heterocycles. The van der Waals surface area contributed by atoms with Crippen molar-refractivity contribution >= 4 is 23.3 Å². The Balaban J connectivity index is 0.00000484. The highest BCUT2D eigenvalue weighted by atomic mass is 16.6. The van der Waals surface area contributed by atoms with Crippen molar-refractivity contribution in [2.24, 2.45) is 0 Å². The van der Waals surface area contributed by atoms with Gasteiger partial charge in [-0.25, -0.2) is 4.79 Å². The third kappa shape index (κ3) is 7.25. The van der Waals surface area contributed by atoms with Gasteiger partial charge in [-0.15, -0.1) is 0 Å². The van der Waals surface area contributed by atoms with E-state index in [2.05, 4.69) is 21.2 Å². The first kappa shape index (κ1) is 32.1. The fourth-order valence-corrected chi connectivity index (χ4v) is 5.47. The maximum Gasteiger partial charge on any atom is 0.336 e. The topological polar surface area (TPSA) is 169 Å². The first-order chi connectivity index (χ1) is 19.7. The number of nitrogens with one attached hydrogen (secondary N) is 1. The second-order valence-electron chi connectivity index (χ2n) is 10.1. The number of carbonyl (C=O) groups is 2. The third-order valence-electron chi connectivity index (χ3n) is 7.51. The van der Waals surface area contributed by atoms with Crippen LogP contribution in [-0.2, 0) is 14.3 Å². The Bertz CT molecular complexity index is 1360. The molecule has 12 nitrogen and oxygen atoms in total. The van der Waals surface area contributed by atoms with Crippen molar-refractivity contribution in [1.29, 1.82) is 0 Å². The fourth-order valence-electron chi connectivity index (χ4n) is 5.47. The number of ether oxygens (including phenoxy) is 2. The van der Waals surface area contributed by atoms with Crippen molar-refractivity contribution in [3.8, 4) is 5.75 Å². The lowest BCUT2D eigenvalue weighted by atomic mass is 9.80. The smallest absolute Gasteiger partial charge is 0.336 e. The van der Waals surface area contributed by atoms with Crippen molar-refractivity contribution in [1.82, 2.24) is 10.2 Å². The Kier molecular flexibility index (Phi) is 11.1. The molecule has 1 fully saturated rings. The SMILES string of the molecule is COc1ccccc1N1CCN(CCCCOC(=O)C2=C(C)NC(C)=C(C(=O)[O-])C2c2cccc([N+](=O)[O-])c2)CC1.O. The van der Waals surface area contributed by atoms with Gasteiger partial charge < -0.3 is 35.1 Å². The molecule has 226 valence electrons. The van der Waals surface area contributed by atoms with Gasteiger partial charge >= 0.3 is 5.97 Å². The Morgan fingerprint density at radius 1 is 1.00 bits per heavy atom. The standard InChI is InChI=1S/C30H36N4O7.H2O/c1-20-26(29(35)36)28(22-9-8-10-23(19-22)34(38)39)27(21(2)31-20)30(37)41-18-7-6-13-32-14-16-33(17-15-32)24-11-4-5-12-25(24)40-3;/h4-5,8-12,19,28,31H,6-7,13-18H2,1-3H3,(H,35,36);1H2/p-1. The summed E-state index contributed by atoms with van der Waals surface area (Å²) in [5, 5.41) is 26.4. The van der Waals surface area contributed by atoms with E-state index in [1.54, 1.807) is 27.0 Å². The Labute approximate surface area is 244 Å². The van der Waals surface area contributed by atoms with Crippen LogP contribution in [0.25, 0.3) is 0 Å². The number of benzene rings is 2. The van der Waals surface area contributed by atoms with Crippen molar-refractivity contribution < 1.29 is 34.6 Å². The minimum Gasteiger partial charge on any atom is -0.545 e. The molecule has 3 N–H and O–H groups in total. The Morgan fingerprint density at radius 2 is 1.69 bits per heavy atom. The molecule has 0 radical (unpaired) electrons. The number of hydrogen-bond acceptors (Lipinski definition) is 10. The summed E-state index contributed by atoms with van der Waals surface area (Å²) in [6.07, 6.45) is 1.47. The summed E-state index contributed by atoms with van der Waals surface area (Å²) in [7, 11) is 1.68. The molecule has 2 aromatic rings. The summed E-state index contributed by atoms with van der Waals surface area (Å²) in [5.41, 5.74) is 1.88. The molecule has 1 saturated heterocycles. The van der Waals surface area contributed by atoms with Crippen LogP contribution in [0.4, 0.5) is 11.4 Å². The van der Waals surface area contributed by atoms with Crippen LogP contribution in [0.3, 0.4) is 0 Å². The molecule has 0 aromatic heterocycles. The summed E-state index contributed by atoms with van der Waals surface area (Å²) < 4.78 is 11.1. The highest BCUT2D eigenvalue weighted by Crippen LogP contribution is 2.39. The number of nitro groups is 1. The third-order valence-corrected chi connectivity index (χ3v) is 7.51. The Hall–Kier alpha value is -4.42. The van der Waals surface area contributed by atoms with Crippen molar-refractivity contribution in [2.75, 3.05) is 51.3 Å². The molecule has 1 unspecified atom stereocenters. The van der Waals surface area contributed by atoms with E-state index >= 15 is 0 Å². The second kappa shape index (κ2) is 14.5. The van der Waals surface area contributed by atoms with E-state index < -0.39 is 22.8 Å². The lowest BCUT2D eigenvalue weighted by Crippen LogP contribution is -2.46. The minimum atomic E-state index is -1.46. The van der Waals surface area contributed by atoms with Gasteiger partial charge in [0.25, 0.3) is 5.69 Å². The van der Waals surface area contributed by atoms with Gasteiger partial charge in [0, 0.05) is 61.2 Å². The number of methoxy groups -OCH3 is 1. The number of hydrogen-bond donors (Lipinski definition) is 1. The highest BCUT2D eigenvalue weighted by molar-refractivity contribution is 5.98. The van der Waals surface area contributed by atoms with Crippen LogP contribution in [0.15, 0.2) is 71.1 Å². The summed E-state index contributed by atoms with van der Waals surface area (Å²) >= 11 is 0. The molecule has 4 rings (SSSR count). The average Bonchev–Trinajstić information content (AvgIpc) is 2.96. The number of carbonyl (C=O) groups excluding carboxylic acids is 2. The molecular weight excluding hydrogens is 544 g/mol. The van der Waals surface area contributed by atoms with E-state index in [1.165, 1.54) is 18.2 Å². The number of esters is 1. The summed E-state index contributed by atoms with van der Waals surface area (Å²) in [6, 6.07) is 13.6. The number of aliphatic carboxylic acids is 1. The zero-order valence-corrected chi connectivity index (χ0v) is 24.1. The van der Waals surface area contributed by atoms with Crippen molar-refractivity contribution in [3.05, 3.63) is 86.7 Å². The van der Waals surface area contributed by atoms with Gasteiger partial charge in [-0.2, -0.15) is 0 Å². The van der Waals surface area contributed by atoms with Crippen LogP contribution >= 0.6 is 0 Å². The number of carboxylic acids is 1. The number of piperazine rings is 1. The number of dihydropyridines is 1. The van der Waals surface area contributed by atoms with E-state index in [1.807, 2.05) is 18.2 Å². The maximum atomic E-state index is 13.3. The van der Waals surface area contributed by atoms with Crippen LogP contribution < -0.4 is 20.1 Å². The lowest BCUT2D eigenvalue weighted by Gasteiger charge is -2.36. The number of allylic oxidation sites excluding steroid dienone is 2. The van der Waals surface area contributed by atoms with Gasteiger partial charge in [-0.1, -0.05) is 24.3 Å². The number of nitro benzene ring substituents is 1. The molecule has 2 aromatic carbocycles. The van der Waals surface area contributed by atoms with Gasteiger partial charge in [-0.3, -0.25) is 15.0 Å². The van der Waals surface area contributed by atoms with Gasteiger partial charge in [0.15, 0.2) is 0 Å². The van der Waals surface area contributed by atoms with Crippen molar-refractivity contribution in [2.45, 2.75) is 32.6 Å². The maximum absolute atomic E-state index is 13.3. The summed E-state index contributed by atoms with van der Waals surface area (Å²) in [4.78, 5) is 40.8. The number of para-hydroxylation sites is 2. The molecule has 0 saturated carbocycles. The normalized spacial score (nSPS) is 17.3. The van der Waals surface area contributed by atoms with E-state index in [-0.39, 0.29) is 28.9 Å². The molecule has 1 atom stereocenters. The molecule has 0 spiro atoms.